The summed E-state index contributed by atoms with van der Waals surface area (Å²) in [4.78, 5) is 48.2. The summed E-state index contributed by atoms with van der Waals surface area (Å²) in [6, 6.07) is 4.84. The molecule has 4 atom stereocenters. The molecule has 0 aromatic heterocycles. The monoisotopic (exact) mass is 430 g/mol. The molecule has 2 amide bonds. The fraction of sp³-hybridized carbons (Fsp3) is 0.391. The van der Waals surface area contributed by atoms with Crippen LogP contribution in [0.25, 0.3) is 0 Å². The van der Waals surface area contributed by atoms with Gasteiger partial charge in [-0.2, -0.15) is 0 Å². The van der Waals surface area contributed by atoms with Gasteiger partial charge in [-0.25, -0.2) is 4.79 Å². The topological polar surface area (TPSA) is 127 Å². The zero-order valence-corrected chi connectivity index (χ0v) is 18.1. The molecule has 0 saturated carbocycles. The van der Waals surface area contributed by atoms with E-state index < -0.39 is 35.8 Å². The molecule has 2 rings (SSSR count). The number of carbonyl (C=O) groups excluding carboxylic acids is 3. The first kappa shape index (κ1) is 25.8. The summed E-state index contributed by atoms with van der Waals surface area (Å²) >= 11 is 0. The van der Waals surface area contributed by atoms with E-state index in [-0.39, 0.29) is 11.8 Å². The lowest BCUT2D eigenvalue weighted by Crippen LogP contribution is -2.49. The normalized spacial score (nSPS) is 16.2. The Kier molecular flexibility index (Phi) is 9.82. The van der Waals surface area contributed by atoms with Gasteiger partial charge in [0.2, 0.25) is 0 Å². The highest BCUT2D eigenvalue weighted by atomic mass is 16.5. The van der Waals surface area contributed by atoms with Crippen LogP contribution in [0.4, 0.5) is 0 Å². The van der Waals surface area contributed by atoms with Crippen molar-refractivity contribution in [3.63, 3.8) is 0 Å². The van der Waals surface area contributed by atoms with Crippen LogP contribution in [0, 0.1) is 11.8 Å². The van der Waals surface area contributed by atoms with Crippen molar-refractivity contribution in [1.82, 2.24) is 4.90 Å². The lowest BCUT2D eigenvalue weighted by atomic mass is 9.96. The van der Waals surface area contributed by atoms with E-state index in [1.807, 2.05) is 0 Å². The summed E-state index contributed by atoms with van der Waals surface area (Å²) in [5.41, 5.74) is 5.94. The number of benzene rings is 1. The van der Waals surface area contributed by atoms with Gasteiger partial charge in [0.1, 0.15) is 12.1 Å². The summed E-state index contributed by atoms with van der Waals surface area (Å²) in [5, 5.41) is 8.42. The van der Waals surface area contributed by atoms with Crippen LogP contribution in [0.5, 0.6) is 0 Å². The van der Waals surface area contributed by atoms with Crippen molar-refractivity contribution in [3.8, 4) is 0 Å². The number of methoxy groups -OCH3 is 1. The Labute approximate surface area is 182 Å². The Balaban J connectivity index is 0.000000407. The maximum absolute atomic E-state index is 12.4. The molecule has 0 unspecified atom stereocenters. The fourth-order valence-electron chi connectivity index (χ4n) is 3.22. The molecule has 1 aliphatic heterocycles. The van der Waals surface area contributed by atoms with E-state index in [0.717, 1.165) is 4.90 Å². The summed E-state index contributed by atoms with van der Waals surface area (Å²) < 4.78 is 4.77. The number of rotatable bonds is 9. The van der Waals surface area contributed by atoms with Crippen molar-refractivity contribution in [2.45, 2.75) is 38.8 Å². The summed E-state index contributed by atoms with van der Waals surface area (Å²) in [5.74, 6) is -2.76. The Morgan fingerprint density at radius 3 is 1.90 bits per heavy atom. The van der Waals surface area contributed by atoms with E-state index in [1.54, 1.807) is 50.3 Å². The lowest BCUT2D eigenvalue weighted by Gasteiger charge is -2.28. The van der Waals surface area contributed by atoms with Crippen LogP contribution in [-0.2, 0) is 14.3 Å². The van der Waals surface area contributed by atoms with Gasteiger partial charge in [-0.05, 0) is 36.8 Å². The first-order valence-electron chi connectivity index (χ1n) is 9.87. The maximum atomic E-state index is 12.4. The smallest absolute Gasteiger partial charge is 0.329 e. The summed E-state index contributed by atoms with van der Waals surface area (Å²) in [6.07, 6.45) is 4.47. The number of hydrogen-bond acceptors (Lipinski definition) is 6. The minimum absolute atomic E-state index is 0.0324. The van der Waals surface area contributed by atoms with Crippen LogP contribution in [0.1, 0.15) is 47.4 Å². The molecule has 0 spiro atoms. The van der Waals surface area contributed by atoms with Crippen molar-refractivity contribution in [2.75, 3.05) is 7.11 Å². The Hall–Kier alpha value is -3.26. The Morgan fingerprint density at radius 2 is 1.52 bits per heavy atom. The molecule has 8 nitrogen and oxygen atoms in total. The second kappa shape index (κ2) is 11.8. The number of nitrogens with zero attached hydrogens (tertiary/aromatic N) is 1. The predicted octanol–water partition coefficient (Wildman–Crippen LogP) is 2.65. The number of allylic oxidation sites excluding steroid dienone is 2. The average Bonchev–Trinajstić information content (AvgIpc) is 2.99. The molecule has 0 saturated heterocycles. The molecule has 1 aromatic rings. The van der Waals surface area contributed by atoms with Gasteiger partial charge < -0.3 is 15.6 Å². The fourth-order valence-corrected chi connectivity index (χ4v) is 3.22. The van der Waals surface area contributed by atoms with Crippen LogP contribution in [0.15, 0.2) is 49.6 Å². The highest BCUT2D eigenvalue weighted by Crippen LogP contribution is 2.28. The van der Waals surface area contributed by atoms with Gasteiger partial charge in [-0.1, -0.05) is 38.1 Å². The van der Waals surface area contributed by atoms with Gasteiger partial charge in [-0.15, -0.1) is 13.2 Å². The highest BCUT2D eigenvalue weighted by Gasteiger charge is 2.45. The van der Waals surface area contributed by atoms with Gasteiger partial charge in [0.25, 0.3) is 11.8 Å². The molecule has 0 aliphatic carbocycles. The van der Waals surface area contributed by atoms with Crippen LogP contribution < -0.4 is 5.73 Å². The molecule has 0 bridgehead atoms. The van der Waals surface area contributed by atoms with Gasteiger partial charge in [0.05, 0.1) is 18.2 Å². The second-order valence-corrected chi connectivity index (χ2v) is 7.36. The minimum atomic E-state index is -0.950. The molecule has 168 valence electrons. The van der Waals surface area contributed by atoms with Crippen molar-refractivity contribution < 1.29 is 29.0 Å². The van der Waals surface area contributed by atoms with E-state index in [4.69, 9.17) is 15.6 Å². The SMILES string of the molecule is C=CC[C@@H](C)[C@@H](N)C(=O)O.C=CC[C@@H](C)[C@H](C(=O)OC)N1C(=O)c2ccccc2C1=O. The van der Waals surface area contributed by atoms with Crippen molar-refractivity contribution in [3.05, 3.63) is 60.7 Å². The number of imide groups is 1. The molecular formula is C23H30N2O6. The summed E-state index contributed by atoms with van der Waals surface area (Å²) in [6.45, 7) is 10.7. The molecule has 1 aliphatic rings. The zero-order chi connectivity index (χ0) is 23.7. The molecule has 3 N–H and O–H groups in total. The molecule has 8 heteroatoms. The average molecular weight is 431 g/mol. The number of hydrogen-bond donors (Lipinski definition) is 2. The number of ether oxygens (including phenoxy) is 1. The van der Waals surface area contributed by atoms with Gasteiger partial charge in [0, 0.05) is 0 Å². The van der Waals surface area contributed by atoms with Crippen LogP contribution >= 0.6 is 0 Å². The summed E-state index contributed by atoms with van der Waals surface area (Å²) in [7, 11) is 1.24. The predicted molar refractivity (Wildman–Crippen MR) is 116 cm³/mol. The van der Waals surface area contributed by atoms with Crippen LogP contribution in [0.3, 0.4) is 0 Å². The quantitative estimate of drug-likeness (QED) is 0.350. The third-order valence-electron chi connectivity index (χ3n) is 5.06. The van der Waals surface area contributed by atoms with Gasteiger partial charge >= 0.3 is 11.9 Å². The van der Waals surface area contributed by atoms with E-state index >= 15 is 0 Å². The number of nitrogens with two attached hydrogens (primary N) is 1. The third kappa shape index (κ3) is 6.11. The third-order valence-corrected chi connectivity index (χ3v) is 5.06. The van der Waals surface area contributed by atoms with Crippen LogP contribution in [0.2, 0.25) is 0 Å². The maximum Gasteiger partial charge on any atom is 0.329 e. The number of carbonyl (C=O) groups is 4. The van der Waals surface area contributed by atoms with Crippen molar-refractivity contribution in [1.29, 1.82) is 0 Å². The number of esters is 1. The van der Waals surface area contributed by atoms with Crippen molar-refractivity contribution >= 4 is 23.8 Å². The Morgan fingerprint density at radius 1 is 1.06 bits per heavy atom. The van der Waals surface area contributed by atoms with E-state index in [9.17, 15) is 19.2 Å². The molecule has 1 heterocycles. The number of aliphatic carboxylic acids is 1. The van der Waals surface area contributed by atoms with Crippen LogP contribution in [-0.4, -0.2) is 53.0 Å². The van der Waals surface area contributed by atoms with Gasteiger partial charge in [0.15, 0.2) is 0 Å². The first-order chi connectivity index (χ1) is 14.6. The van der Waals surface area contributed by atoms with Gasteiger partial charge in [-0.3, -0.25) is 19.3 Å². The molecular weight excluding hydrogens is 400 g/mol. The molecule has 0 fully saturated rings. The molecule has 1 aromatic carbocycles. The Bertz CT molecular complexity index is 815. The minimum Gasteiger partial charge on any atom is -0.480 e. The van der Waals surface area contributed by atoms with E-state index in [0.29, 0.717) is 24.0 Å². The molecule has 31 heavy (non-hydrogen) atoms. The molecule has 0 radical (unpaired) electrons. The number of amides is 2. The highest BCUT2D eigenvalue weighted by molar-refractivity contribution is 6.22. The number of fused-ring (bicyclic) bond motifs is 1. The van der Waals surface area contributed by atoms with Crippen molar-refractivity contribution in [2.24, 2.45) is 17.6 Å². The largest absolute Gasteiger partial charge is 0.480 e. The number of carboxylic acids is 1. The number of carboxylic acid groups (broad SMARTS) is 1. The van der Waals surface area contributed by atoms with E-state index in [2.05, 4.69) is 13.2 Å². The standard InChI is InChI=1S/C16H17NO4.C7H13NO2/c1-4-7-10(2)13(16(20)21-3)17-14(18)11-8-5-6-9-12(11)15(17)19;1-3-4-5(2)6(8)7(9)10/h4-6,8-10,13H,1,7H2,2-3H3;3,5-6H,1,4,8H2,2H3,(H,9,10)/t10-,13-;5-,6-/m11/s1. The lowest BCUT2D eigenvalue weighted by molar-refractivity contribution is -0.147. The second-order valence-electron chi connectivity index (χ2n) is 7.36. The van der Waals surface area contributed by atoms with E-state index in [1.165, 1.54) is 7.11 Å². The zero-order valence-electron chi connectivity index (χ0n) is 18.1. The first-order valence-corrected chi connectivity index (χ1v) is 9.87.